The van der Waals surface area contributed by atoms with Crippen LogP contribution < -0.4 is 25.4 Å². The zero-order valence-electron chi connectivity index (χ0n) is 34.9. The number of carbonyl (C=O) groups is 6. The second-order valence-electron chi connectivity index (χ2n) is 14.2. The summed E-state index contributed by atoms with van der Waals surface area (Å²) in [6.45, 7) is 2.85. The quantitative estimate of drug-likeness (QED) is 0.0341. The Labute approximate surface area is 366 Å². The number of methoxy groups -OCH3 is 2. The summed E-state index contributed by atoms with van der Waals surface area (Å²) in [4.78, 5) is 77.7. The van der Waals surface area contributed by atoms with Crippen molar-refractivity contribution < 1.29 is 52.8 Å². The third-order valence-corrected chi connectivity index (χ3v) is 10.0. The number of hydrogen-bond acceptors (Lipinski definition) is 12. The van der Waals surface area contributed by atoms with Crippen molar-refractivity contribution in [3.8, 4) is 35.1 Å². The first kappa shape index (κ1) is 46.4. The van der Waals surface area contributed by atoms with Gasteiger partial charge in [0, 0.05) is 36.1 Å². The average Bonchev–Trinajstić information content (AvgIpc) is 3.27. The molecule has 64 heavy (non-hydrogen) atoms. The zero-order valence-corrected chi connectivity index (χ0v) is 34.9. The molecule has 0 saturated heterocycles. The van der Waals surface area contributed by atoms with E-state index in [1.54, 1.807) is 19.1 Å². The molecule has 5 aromatic rings. The molecule has 1 atom stereocenters. The Morgan fingerprint density at radius 3 is 1.75 bits per heavy atom. The number of hydrogen-bond donors (Lipinski definition) is 5. The lowest BCUT2D eigenvalue weighted by atomic mass is 9.93. The van der Waals surface area contributed by atoms with Crippen molar-refractivity contribution in [1.29, 1.82) is 10.5 Å². The predicted molar refractivity (Wildman–Crippen MR) is 233 cm³/mol. The predicted octanol–water partition coefficient (Wildman–Crippen LogP) is 7.81. The minimum absolute atomic E-state index is 0.00555. The Balaban J connectivity index is 1.19. The first-order valence-corrected chi connectivity index (χ1v) is 19.3. The summed E-state index contributed by atoms with van der Waals surface area (Å²) in [5, 5.41) is 48.3. The van der Waals surface area contributed by atoms with Gasteiger partial charge in [0.25, 0.3) is 11.8 Å². The second kappa shape index (κ2) is 20.8. The van der Waals surface area contributed by atoms with Crippen molar-refractivity contribution >= 4 is 57.7 Å². The van der Waals surface area contributed by atoms with E-state index in [0.29, 0.717) is 16.7 Å². The molecule has 0 aliphatic heterocycles. The molecule has 0 bridgehead atoms. The normalized spacial score (nSPS) is 11.4. The van der Waals surface area contributed by atoms with Gasteiger partial charge in [0.1, 0.15) is 11.9 Å². The number of anilines is 3. The number of nitrogens with zero attached hydrogens (tertiary/aromatic N) is 2. The topological polar surface area (TPSA) is 245 Å². The van der Waals surface area contributed by atoms with Gasteiger partial charge in [-0.25, -0.2) is 4.39 Å². The maximum atomic E-state index is 13.4. The third kappa shape index (κ3) is 10.8. The number of allylic oxidation sites excluding steroid dienone is 2. The Bertz CT molecular complexity index is 2770. The minimum atomic E-state index is -1.04. The van der Waals surface area contributed by atoms with E-state index in [-0.39, 0.29) is 75.7 Å². The number of phenolic OH excluding ortho intramolecular Hbond substituents is 2. The first-order chi connectivity index (χ1) is 30.6. The summed E-state index contributed by atoms with van der Waals surface area (Å²) in [6.07, 6.45) is -0.715. The summed E-state index contributed by atoms with van der Waals surface area (Å²) in [5.74, 6) is -6.41. The molecular formula is C48H40FN5O10. The number of phenols is 2. The third-order valence-electron chi connectivity index (χ3n) is 10.0. The van der Waals surface area contributed by atoms with E-state index in [2.05, 4.69) is 16.0 Å². The largest absolute Gasteiger partial charge is 0.504 e. The van der Waals surface area contributed by atoms with Crippen molar-refractivity contribution in [2.45, 2.75) is 33.1 Å². The highest BCUT2D eigenvalue weighted by Crippen LogP contribution is 2.41. The van der Waals surface area contributed by atoms with Crippen molar-refractivity contribution in [2.24, 2.45) is 5.92 Å². The highest BCUT2D eigenvalue weighted by Gasteiger charge is 2.25. The van der Waals surface area contributed by atoms with E-state index >= 15 is 0 Å². The molecule has 0 heterocycles. The number of Topliss-reactive ketones (excluding diaryl/α,β-unsaturated/α-hetero) is 3. The number of benzene rings is 5. The average molecular weight is 866 g/mol. The van der Waals surface area contributed by atoms with Gasteiger partial charge in [0.05, 0.1) is 54.3 Å². The van der Waals surface area contributed by atoms with Crippen molar-refractivity contribution in [2.75, 3.05) is 30.2 Å². The molecule has 3 amide bonds. The van der Waals surface area contributed by atoms with Crippen LogP contribution in [0.1, 0.15) is 79.2 Å². The van der Waals surface area contributed by atoms with Crippen molar-refractivity contribution in [3.05, 3.63) is 142 Å². The van der Waals surface area contributed by atoms with Crippen LogP contribution in [0.15, 0.2) is 103 Å². The van der Waals surface area contributed by atoms with Crippen LogP contribution in [0.2, 0.25) is 0 Å². The van der Waals surface area contributed by atoms with Gasteiger partial charge in [-0.1, -0.05) is 36.4 Å². The number of halogens is 1. The summed E-state index contributed by atoms with van der Waals surface area (Å²) in [5.41, 5.74) is 1.74. The Hall–Kier alpha value is -8.63. The number of nitriles is 2. The van der Waals surface area contributed by atoms with E-state index in [1.807, 2.05) is 12.1 Å². The smallest absolute Gasteiger partial charge is 0.259 e. The van der Waals surface area contributed by atoms with E-state index in [0.717, 1.165) is 0 Å². The zero-order chi connectivity index (χ0) is 46.7. The number of amides is 3. The summed E-state index contributed by atoms with van der Waals surface area (Å²) in [6, 6.07) is 26.2. The molecule has 0 fully saturated rings. The van der Waals surface area contributed by atoms with Gasteiger partial charge in [0.15, 0.2) is 40.3 Å². The molecule has 0 aliphatic carbocycles. The molecular weight excluding hydrogens is 826 g/mol. The maximum absolute atomic E-state index is 13.4. The molecule has 0 radical (unpaired) electrons. The van der Waals surface area contributed by atoms with Crippen LogP contribution in [-0.2, 0) is 16.0 Å². The number of nitrogens with one attached hydrogen (secondary N) is 3. The SMILES string of the molecule is COc1c(NC(=O)c2ccc(NC(=O)c3ccc(NC(=O)[C@H](CC#N)CC(=O)c4ccc(CC(=O)/C(C#N)=C(\C)c5ccc(F)cc5)cc4)cc3)c(OC)c2O)ccc(C(C)=O)c1O. The van der Waals surface area contributed by atoms with Gasteiger partial charge in [0.2, 0.25) is 5.91 Å². The number of carbonyl (C=O) groups excluding carboxylic acids is 6. The molecule has 16 heteroatoms. The summed E-state index contributed by atoms with van der Waals surface area (Å²) in [7, 11) is 2.45. The lowest BCUT2D eigenvalue weighted by molar-refractivity contribution is -0.119. The lowest BCUT2D eigenvalue weighted by Crippen LogP contribution is -2.25. The van der Waals surface area contributed by atoms with E-state index < -0.39 is 58.3 Å². The van der Waals surface area contributed by atoms with Gasteiger partial charge in [-0.2, -0.15) is 10.5 Å². The van der Waals surface area contributed by atoms with Crippen LogP contribution in [0.3, 0.4) is 0 Å². The molecule has 324 valence electrons. The highest BCUT2D eigenvalue weighted by atomic mass is 19.1. The number of aromatic hydroxyl groups is 2. The van der Waals surface area contributed by atoms with Gasteiger partial charge in [-0.15, -0.1) is 0 Å². The van der Waals surface area contributed by atoms with Gasteiger partial charge >= 0.3 is 0 Å². The molecule has 0 spiro atoms. The van der Waals surface area contributed by atoms with Gasteiger partial charge in [-0.05, 0) is 91.2 Å². The molecule has 5 rings (SSSR count). The fourth-order valence-corrected chi connectivity index (χ4v) is 6.54. The van der Waals surface area contributed by atoms with E-state index in [1.165, 1.54) is 106 Å². The Morgan fingerprint density at radius 2 is 1.20 bits per heavy atom. The highest BCUT2D eigenvalue weighted by molar-refractivity contribution is 6.11. The number of rotatable bonds is 17. The fourth-order valence-electron chi connectivity index (χ4n) is 6.54. The lowest BCUT2D eigenvalue weighted by Gasteiger charge is -2.16. The maximum Gasteiger partial charge on any atom is 0.259 e. The van der Waals surface area contributed by atoms with Gasteiger partial charge in [-0.3, -0.25) is 28.8 Å². The van der Waals surface area contributed by atoms with Crippen LogP contribution in [0.25, 0.3) is 5.57 Å². The monoisotopic (exact) mass is 865 g/mol. The van der Waals surface area contributed by atoms with Crippen molar-refractivity contribution in [1.82, 2.24) is 0 Å². The van der Waals surface area contributed by atoms with Crippen LogP contribution in [0, 0.1) is 34.4 Å². The molecule has 0 saturated carbocycles. The number of ether oxygens (including phenoxy) is 2. The molecule has 5 N–H and O–H groups in total. The molecule has 0 aliphatic rings. The number of ketones is 3. The molecule has 0 aromatic heterocycles. The first-order valence-electron chi connectivity index (χ1n) is 19.3. The standard InChI is InChI=1S/C48H40FN5O10/c1-26(29-9-13-33(49)14-10-29)37(25-51)41(57)23-28-5-7-30(8-6-28)40(56)24-32(21-22-50)47(61)52-34-15-11-31(12-16-34)46(60)53-38-20-18-36(43(59)45(38)64-4)48(62)54-39-19-17-35(27(2)55)42(58)44(39)63-3/h5-20,32,58-59H,21,23-24H2,1-4H3,(H,52,61)(H,53,60)(H,54,62)/b37-26+/t32-/m1/s1. The van der Waals surface area contributed by atoms with Crippen LogP contribution in [0.4, 0.5) is 21.5 Å². The Kier molecular flexibility index (Phi) is 15.1. The van der Waals surface area contributed by atoms with Gasteiger partial charge < -0.3 is 35.6 Å². The Morgan fingerprint density at radius 1 is 0.672 bits per heavy atom. The van der Waals surface area contributed by atoms with Crippen LogP contribution in [0.5, 0.6) is 23.0 Å². The van der Waals surface area contributed by atoms with E-state index in [9.17, 15) is 53.9 Å². The van der Waals surface area contributed by atoms with Crippen LogP contribution in [-0.4, -0.2) is 59.5 Å². The minimum Gasteiger partial charge on any atom is -0.504 e. The fraction of sp³-hybridized carbons (Fsp3) is 0.167. The summed E-state index contributed by atoms with van der Waals surface area (Å²) < 4.78 is 23.8. The molecule has 0 unspecified atom stereocenters. The second-order valence-corrected chi connectivity index (χ2v) is 14.2. The molecule has 15 nitrogen and oxygen atoms in total. The van der Waals surface area contributed by atoms with Crippen LogP contribution >= 0.6 is 0 Å². The molecule has 5 aromatic carbocycles. The van der Waals surface area contributed by atoms with Crippen molar-refractivity contribution in [3.63, 3.8) is 0 Å². The van der Waals surface area contributed by atoms with E-state index in [4.69, 9.17) is 9.47 Å². The summed E-state index contributed by atoms with van der Waals surface area (Å²) >= 11 is 0.